The maximum absolute atomic E-state index is 10.6. The largest absolute Gasteiger partial charge is 0.480 e. The van der Waals surface area contributed by atoms with Gasteiger partial charge in [0.2, 0.25) is 0 Å². The summed E-state index contributed by atoms with van der Waals surface area (Å²) in [7, 11) is 1.94. The van der Waals surface area contributed by atoms with Crippen molar-refractivity contribution in [1.29, 1.82) is 0 Å². The van der Waals surface area contributed by atoms with Crippen LogP contribution in [0.1, 0.15) is 18.4 Å². The first-order chi connectivity index (χ1) is 12.0. The molecule has 0 atom stereocenters. The summed E-state index contributed by atoms with van der Waals surface area (Å²) in [5, 5.41) is 14.8. The molecule has 1 aliphatic heterocycles. The minimum Gasteiger partial charge on any atom is -0.480 e. The second-order valence-electron chi connectivity index (χ2n) is 6.17. The second kappa shape index (κ2) is 9.01. The number of carbonyl (C=O) groups is 1. The predicted octanol–water partition coefficient (Wildman–Crippen LogP) is 2.28. The lowest BCUT2D eigenvalue weighted by atomic mass is 10.0. The van der Waals surface area contributed by atoms with E-state index in [1.165, 1.54) is 5.56 Å². The van der Waals surface area contributed by atoms with Crippen LogP contribution in [-0.4, -0.2) is 53.6 Å². The maximum atomic E-state index is 10.6. The molecular formula is C19H28N4O2. The van der Waals surface area contributed by atoms with Gasteiger partial charge < -0.3 is 25.5 Å². The average Bonchev–Trinajstić information content (AvgIpc) is 2.64. The lowest BCUT2D eigenvalue weighted by Gasteiger charge is -2.39. The Bertz CT molecular complexity index is 609. The molecule has 1 heterocycles. The fraction of sp³-hybridized carbons (Fsp3) is 0.421. The zero-order valence-electron chi connectivity index (χ0n) is 14.9. The van der Waals surface area contributed by atoms with E-state index in [0.29, 0.717) is 11.9 Å². The standard InChI is InChI=1S/C19H28N4O2/c1-4-22(14-16-7-5-6-8-18(16)20-3)17-9-11-23(12-10-17)15(2)21-13-19(24)25/h4-8,17,20-21H,1-2,9-14H2,3H3,(H,24,25). The molecule has 3 N–H and O–H groups in total. The first-order valence-corrected chi connectivity index (χ1v) is 8.58. The molecule has 1 aromatic carbocycles. The van der Waals surface area contributed by atoms with Crippen LogP contribution in [0.4, 0.5) is 5.69 Å². The highest BCUT2D eigenvalue weighted by Gasteiger charge is 2.24. The van der Waals surface area contributed by atoms with E-state index in [-0.39, 0.29) is 6.54 Å². The molecule has 0 radical (unpaired) electrons. The Morgan fingerprint density at radius 1 is 1.40 bits per heavy atom. The van der Waals surface area contributed by atoms with Crippen molar-refractivity contribution in [2.45, 2.75) is 25.4 Å². The summed E-state index contributed by atoms with van der Waals surface area (Å²) in [5.41, 5.74) is 2.39. The molecule has 0 amide bonds. The number of para-hydroxylation sites is 1. The topological polar surface area (TPSA) is 67.8 Å². The Labute approximate surface area is 149 Å². The number of aliphatic carboxylic acids is 1. The minimum atomic E-state index is -0.878. The quantitative estimate of drug-likeness (QED) is 0.639. The molecule has 25 heavy (non-hydrogen) atoms. The van der Waals surface area contributed by atoms with Crippen molar-refractivity contribution >= 4 is 11.7 Å². The molecule has 0 aromatic heterocycles. The van der Waals surface area contributed by atoms with E-state index in [1.807, 2.05) is 19.3 Å². The fourth-order valence-electron chi connectivity index (χ4n) is 3.20. The van der Waals surface area contributed by atoms with Crippen molar-refractivity contribution < 1.29 is 9.90 Å². The van der Waals surface area contributed by atoms with Gasteiger partial charge in [-0.15, -0.1) is 0 Å². The van der Waals surface area contributed by atoms with Gasteiger partial charge in [0.15, 0.2) is 0 Å². The molecule has 1 aromatic rings. The highest BCUT2D eigenvalue weighted by Crippen LogP contribution is 2.23. The summed E-state index contributed by atoms with van der Waals surface area (Å²) in [6.45, 7) is 10.4. The van der Waals surface area contributed by atoms with Gasteiger partial charge in [-0.3, -0.25) is 4.79 Å². The van der Waals surface area contributed by atoms with Crippen LogP contribution in [-0.2, 0) is 11.3 Å². The Morgan fingerprint density at radius 3 is 2.68 bits per heavy atom. The zero-order chi connectivity index (χ0) is 18.2. The number of rotatable bonds is 9. The van der Waals surface area contributed by atoms with E-state index in [0.717, 1.165) is 38.2 Å². The zero-order valence-corrected chi connectivity index (χ0v) is 14.9. The molecule has 1 fully saturated rings. The first-order valence-electron chi connectivity index (χ1n) is 8.58. The number of nitrogens with one attached hydrogen (secondary N) is 2. The number of carboxylic acids is 1. The van der Waals surface area contributed by atoms with Gasteiger partial charge in [0, 0.05) is 38.4 Å². The summed E-state index contributed by atoms with van der Waals surface area (Å²) in [6.07, 6.45) is 3.90. The highest BCUT2D eigenvalue weighted by atomic mass is 16.4. The van der Waals surface area contributed by atoms with Gasteiger partial charge in [-0.1, -0.05) is 31.4 Å². The molecule has 2 rings (SSSR count). The van der Waals surface area contributed by atoms with Crippen LogP contribution in [0, 0.1) is 0 Å². The Morgan fingerprint density at radius 2 is 2.08 bits per heavy atom. The van der Waals surface area contributed by atoms with Gasteiger partial charge in [-0.05, 0) is 30.7 Å². The molecular weight excluding hydrogens is 316 g/mol. The summed E-state index contributed by atoms with van der Waals surface area (Å²) < 4.78 is 0. The molecule has 1 saturated heterocycles. The monoisotopic (exact) mass is 344 g/mol. The number of benzene rings is 1. The minimum absolute atomic E-state index is 0.0989. The van der Waals surface area contributed by atoms with Crippen LogP contribution in [0.3, 0.4) is 0 Å². The number of piperidine rings is 1. The molecule has 136 valence electrons. The summed E-state index contributed by atoms with van der Waals surface area (Å²) in [4.78, 5) is 15.1. The van der Waals surface area contributed by atoms with Crippen LogP contribution in [0.15, 0.2) is 49.4 Å². The fourth-order valence-corrected chi connectivity index (χ4v) is 3.20. The number of anilines is 1. The van der Waals surface area contributed by atoms with Crippen LogP contribution in [0.5, 0.6) is 0 Å². The van der Waals surface area contributed by atoms with E-state index in [9.17, 15) is 4.79 Å². The molecule has 0 bridgehead atoms. The molecule has 6 heteroatoms. The van der Waals surface area contributed by atoms with Crippen molar-refractivity contribution in [1.82, 2.24) is 15.1 Å². The number of likely N-dealkylation sites (tertiary alicyclic amines) is 1. The van der Waals surface area contributed by atoms with E-state index in [1.54, 1.807) is 0 Å². The molecule has 0 aliphatic carbocycles. The number of hydrogen-bond donors (Lipinski definition) is 3. The normalized spacial score (nSPS) is 14.7. The van der Waals surface area contributed by atoms with Gasteiger partial charge in [0.05, 0.1) is 5.82 Å². The van der Waals surface area contributed by atoms with Crippen molar-refractivity contribution in [3.05, 3.63) is 55.0 Å². The van der Waals surface area contributed by atoms with Crippen molar-refractivity contribution in [3.8, 4) is 0 Å². The maximum Gasteiger partial charge on any atom is 0.322 e. The molecule has 0 unspecified atom stereocenters. The molecule has 0 spiro atoms. The summed E-state index contributed by atoms with van der Waals surface area (Å²) in [5.74, 6) is -0.191. The Hall–Kier alpha value is -2.63. The Kier molecular flexibility index (Phi) is 6.74. The SMILES string of the molecule is C=CN(Cc1ccccc1NC)C1CCN(C(=C)NCC(=O)O)CC1. The van der Waals surface area contributed by atoms with Gasteiger partial charge in [-0.2, -0.15) is 0 Å². The van der Waals surface area contributed by atoms with E-state index in [4.69, 9.17) is 5.11 Å². The third kappa shape index (κ3) is 5.17. The Balaban J connectivity index is 1.90. The number of hydrogen-bond acceptors (Lipinski definition) is 5. The third-order valence-corrected chi connectivity index (χ3v) is 4.63. The van der Waals surface area contributed by atoms with Gasteiger partial charge >= 0.3 is 5.97 Å². The van der Waals surface area contributed by atoms with Gasteiger partial charge in [0.1, 0.15) is 6.54 Å². The van der Waals surface area contributed by atoms with Crippen LogP contribution >= 0.6 is 0 Å². The van der Waals surface area contributed by atoms with E-state index >= 15 is 0 Å². The highest BCUT2D eigenvalue weighted by molar-refractivity contribution is 5.69. The van der Waals surface area contributed by atoms with Crippen LogP contribution < -0.4 is 10.6 Å². The van der Waals surface area contributed by atoms with Gasteiger partial charge in [-0.25, -0.2) is 0 Å². The first kappa shape index (κ1) is 18.7. The average molecular weight is 344 g/mol. The van der Waals surface area contributed by atoms with Crippen molar-refractivity contribution in [2.24, 2.45) is 0 Å². The van der Waals surface area contributed by atoms with E-state index in [2.05, 4.69) is 51.8 Å². The van der Waals surface area contributed by atoms with Crippen molar-refractivity contribution in [3.63, 3.8) is 0 Å². The second-order valence-corrected chi connectivity index (χ2v) is 6.17. The predicted molar refractivity (Wildman–Crippen MR) is 101 cm³/mol. The summed E-state index contributed by atoms with van der Waals surface area (Å²) in [6, 6.07) is 8.72. The van der Waals surface area contributed by atoms with Crippen LogP contribution in [0.25, 0.3) is 0 Å². The van der Waals surface area contributed by atoms with Crippen molar-refractivity contribution in [2.75, 3.05) is 32.0 Å². The van der Waals surface area contributed by atoms with Crippen LogP contribution in [0.2, 0.25) is 0 Å². The lowest BCUT2D eigenvalue weighted by molar-refractivity contribution is -0.135. The summed E-state index contributed by atoms with van der Waals surface area (Å²) >= 11 is 0. The number of nitrogens with zero attached hydrogens (tertiary/aromatic N) is 2. The molecule has 0 saturated carbocycles. The van der Waals surface area contributed by atoms with E-state index < -0.39 is 5.97 Å². The third-order valence-electron chi connectivity index (χ3n) is 4.63. The lowest BCUT2D eigenvalue weighted by Crippen LogP contribution is -2.44. The smallest absolute Gasteiger partial charge is 0.322 e. The molecule has 1 aliphatic rings. The number of carboxylic acid groups (broad SMARTS) is 1. The molecule has 6 nitrogen and oxygen atoms in total. The van der Waals surface area contributed by atoms with Gasteiger partial charge in [0.25, 0.3) is 0 Å².